The second-order valence-corrected chi connectivity index (χ2v) is 6.62. The van der Waals surface area contributed by atoms with Gasteiger partial charge in [-0.1, -0.05) is 121 Å². The minimum absolute atomic E-state index is 0.231. The molecular weight excluding hydrogens is 372 g/mol. The quantitative estimate of drug-likeness (QED) is 0.306. The average molecular weight is 417 g/mol. The van der Waals surface area contributed by atoms with Crippen LogP contribution in [0.5, 0.6) is 0 Å². The summed E-state index contributed by atoms with van der Waals surface area (Å²) in [5.74, 6) is 0.231. The van der Waals surface area contributed by atoms with Gasteiger partial charge in [0.2, 0.25) is 0 Å². The molecule has 0 aliphatic heterocycles. The lowest BCUT2D eigenvalue weighted by molar-refractivity contribution is 0.438. The van der Waals surface area contributed by atoms with E-state index in [2.05, 4.69) is 74.9 Å². The molecule has 2 aliphatic carbocycles. The summed E-state index contributed by atoms with van der Waals surface area (Å²) < 4.78 is 0. The van der Waals surface area contributed by atoms with Crippen molar-refractivity contribution in [2.75, 3.05) is 0 Å². The molecule has 0 amide bonds. The molecule has 0 heteroatoms. The van der Waals surface area contributed by atoms with Gasteiger partial charge in [0.1, 0.15) is 0 Å². The summed E-state index contributed by atoms with van der Waals surface area (Å²) in [4.78, 5) is 0. The van der Waals surface area contributed by atoms with Crippen molar-refractivity contribution in [1.29, 1.82) is 0 Å². The zero-order valence-corrected chi connectivity index (χ0v) is 20.9. The fourth-order valence-electron chi connectivity index (χ4n) is 4.63. The zero-order chi connectivity index (χ0) is 23.9. The Balaban J connectivity index is 0.00000138. The van der Waals surface area contributed by atoms with E-state index < -0.39 is 0 Å². The van der Waals surface area contributed by atoms with Crippen LogP contribution in [0.25, 0.3) is 5.57 Å². The molecule has 2 atom stereocenters. The molecule has 168 valence electrons. The fraction of sp³-hybridized carbons (Fsp3) is 0.355. The van der Waals surface area contributed by atoms with Crippen molar-refractivity contribution in [2.45, 2.75) is 66.2 Å². The molecule has 0 N–H and O–H groups in total. The Morgan fingerprint density at radius 1 is 1.00 bits per heavy atom. The fourth-order valence-corrected chi connectivity index (χ4v) is 4.63. The number of allylic oxidation sites excluding steroid dienone is 10. The van der Waals surface area contributed by atoms with E-state index in [1.54, 1.807) is 0 Å². The maximum absolute atomic E-state index is 4.18. The molecule has 2 unspecified atom stereocenters. The van der Waals surface area contributed by atoms with Crippen molar-refractivity contribution in [3.63, 3.8) is 0 Å². The first-order valence-electron chi connectivity index (χ1n) is 11.9. The molecule has 31 heavy (non-hydrogen) atoms. The van der Waals surface area contributed by atoms with Crippen molar-refractivity contribution in [3.8, 4) is 0 Å². The van der Waals surface area contributed by atoms with E-state index >= 15 is 0 Å². The molecule has 0 heterocycles. The van der Waals surface area contributed by atoms with Gasteiger partial charge >= 0.3 is 0 Å². The molecule has 0 fully saturated rings. The summed E-state index contributed by atoms with van der Waals surface area (Å²) >= 11 is 0. The van der Waals surface area contributed by atoms with Crippen molar-refractivity contribution >= 4 is 5.57 Å². The molecule has 0 spiro atoms. The van der Waals surface area contributed by atoms with Gasteiger partial charge < -0.3 is 0 Å². The van der Waals surface area contributed by atoms with E-state index in [1.165, 1.54) is 27.8 Å². The summed E-state index contributed by atoms with van der Waals surface area (Å²) in [5, 5.41) is 0. The van der Waals surface area contributed by atoms with E-state index in [0.717, 1.165) is 19.3 Å². The maximum Gasteiger partial charge on any atom is 0.0491 e. The van der Waals surface area contributed by atoms with Crippen molar-refractivity contribution in [3.05, 3.63) is 115 Å². The molecule has 0 nitrogen and oxygen atoms in total. The van der Waals surface area contributed by atoms with Gasteiger partial charge in [-0.15, -0.1) is 13.2 Å². The normalized spacial score (nSPS) is 19.0. The van der Waals surface area contributed by atoms with Crippen LogP contribution in [0.3, 0.4) is 0 Å². The molecule has 0 saturated carbocycles. The summed E-state index contributed by atoms with van der Waals surface area (Å²) in [7, 11) is 0. The molecule has 0 bridgehead atoms. The van der Waals surface area contributed by atoms with Crippen LogP contribution in [0.2, 0.25) is 0 Å². The first kappa shape index (κ1) is 28.4. The second-order valence-electron chi connectivity index (χ2n) is 6.62. The number of fused-ring (bicyclic) bond motifs is 2. The van der Waals surface area contributed by atoms with Crippen LogP contribution in [-0.2, 0) is 5.41 Å². The standard InChI is InChI=1S/C25H26.3C2H6/c1-5-13-19(7-3)25(20(8-4)14-6-2)23-17-11-9-15-21(23)22-16-10-12-18-24(22)25;3*1-2/h5-11,13,15-17,20H,1-4,12,14,18H2;3*1-2H3/b19-13+;;;. The molecule has 1 aromatic carbocycles. The van der Waals surface area contributed by atoms with Crippen molar-refractivity contribution in [1.82, 2.24) is 0 Å². The Hall–Kier alpha value is -2.60. The molecule has 1 aromatic rings. The number of hydrogen-bond donors (Lipinski definition) is 0. The van der Waals surface area contributed by atoms with Crippen LogP contribution >= 0.6 is 0 Å². The lowest BCUT2D eigenvalue weighted by atomic mass is 9.60. The van der Waals surface area contributed by atoms with Gasteiger partial charge in [0.15, 0.2) is 0 Å². The Bertz CT molecular complexity index is 812. The Morgan fingerprint density at radius 2 is 1.65 bits per heavy atom. The molecule has 0 saturated heterocycles. The zero-order valence-electron chi connectivity index (χ0n) is 20.9. The van der Waals surface area contributed by atoms with Crippen molar-refractivity contribution in [2.24, 2.45) is 5.92 Å². The highest BCUT2D eigenvalue weighted by Gasteiger charge is 2.49. The first-order valence-corrected chi connectivity index (χ1v) is 11.9. The third-order valence-electron chi connectivity index (χ3n) is 5.52. The van der Waals surface area contributed by atoms with Gasteiger partial charge in [-0.3, -0.25) is 0 Å². The molecule has 0 aromatic heterocycles. The Labute approximate surface area is 193 Å². The Kier molecular flexibility index (Phi) is 14.0. The van der Waals surface area contributed by atoms with Gasteiger partial charge in [0, 0.05) is 5.41 Å². The third-order valence-corrected chi connectivity index (χ3v) is 5.52. The topological polar surface area (TPSA) is 0 Å². The predicted octanol–water partition coefficient (Wildman–Crippen LogP) is 9.80. The predicted molar refractivity (Wildman–Crippen MR) is 144 cm³/mol. The molecule has 2 aliphatic rings. The monoisotopic (exact) mass is 416 g/mol. The van der Waals surface area contributed by atoms with Gasteiger partial charge in [-0.05, 0) is 53.0 Å². The molecule has 3 rings (SSSR count). The third kappa shape index (κ3) is 5.37. The number of hydrogen-bond acceptors (Lipinski definition) is 0. The summed E-state index contributed by atoms with van der Waals surface area (Å²) in [6, 6.07) is 8.77. The largest absolute Gasteiger partial charge is 0.103 e. The molecule has 0 radical (unpaired) electrons. The number of benzene rings is 1. The van der Waals surface area contributed by atoms with E-state index in [4.69, 9.17) is 0 Å². The van der Waals surface area contributed by atoms with Crippen LogP contribution in [0.1, 0.15) is 71.9 Å². The summed E-state index contributed by atoms with van der Waals surface area (Å²) in [5.41, 5.74) is 6.50. The number of rotatable bonds is 7. The summed E-state index contributed by atoms with van der Waals surface area (Å²) in [6.45, 7) is 28.3. The SMILES string of the molecule is C=C/C=C(\C=C)C1(C(C=C)CC=C)C2=C(C=CCC2)c2ccccc21.CC.CC.CC. The minimum Gasteiger partial charge on any atom is -0.103 e. The summed E-state index contributed by atoms with van der Waals surface area (Å²) in [6.07, 6.45) is 17.7. The maximum atomic E-state index is 4.18. The lowest BCUT2D eigenvalue weighted by Gasteiger charge is -2.41. The molecular formula is C31H44. The Morgan fingerprint density at radius 3 is 2.19 bits per heavy atom. The van der Waals surface area contributed by atoms with Crippen molar-refractivity contribution < 1.29 is 0 Å². The van der Waals surface area contributed by atoms with Crippen LogP contribution in [0.15, 0.2) is 104 Å². The van der Waals surface area contributed by atoms with Gasteiger partial charge in [-0.2, -0.15) is 0 Å². The van der Waals surface area contributed by atoms with Gasteiger partial charge in [0.05, 0.1) is 0 Å². The van der Waals surface area contributed by atoms with E-state index in [0.29, 0.717) is 0 Å². The highest BCUT2D eigenvalue weighted by molar-refractivity contribution is 5.89. The van der Waals surface area contributed by atoms with Crippen LogP contribution < -0.4 is 0 Å². The van der Waals surface area contributed by atoms with Crippen LogP contribution in [-0.4, -0.2) is 0 Å². The average Bonchev–Trinajstić information content (AvgIpc) is 3.16. The van der Waals surface area contributed by atoms with Gasteiger partial charge in [0.25, 0.3) is 0 Å². The van der Waals surface area contributed by atoms with E-state index in [-0.39, 0.29) is 11.3 Å². The highest BCUT2D eigenvalue weighted by atomic mass is 14.5. The first-order chi connectivity index (χ1) is 15.2. The van der Waals surface area contributed by atoms with E-state index in [9.17, 15) is 0 Å². The minimum atomic E-state index is -0.234. The van der Waals surface area contributed by atoms with Crippen LogP contribution in [0, 0.1) is 5.92 Å². The second kappa shape index (κ2) is 15.2. The smallest absolute Gasteiger partial charge is 0.0491 e. The lowest BCUT2D eigenvalue weighted by Crippen LogP contribution is -2.36. The van der Waals surface area contributed by atoms with Gasteiger partial charge in [-0.25, -0.2) is 0 Å². The van der Waals surface area contributed by atoms with E-state index in [1.807, 2.05) is 59.8 Å². The highest BCUT2D eigenvalue weighted by Crippen LogP contribution is 2.58. The van der Waals surface area contributed by atoms with Crippen LogP contribution in [0.4, 0.5) is 0 Å².